The Morgan fingerprint density at radius 3 is 2.33 bits per heavy atom. The van der Waals surface area contributed by atoms with Gasteiger partial charge in [0, 0.05) is 18.7 Å². The van der Waals surface area contributed by atoms with Gasteiger partial charge < -0.3 is 10.4 Å². The number of halogens is 3. The number of amides is 1. The summed E-state index contributed by atoms with van der Waals surface area (Å²) in [6.07, 6.45) is 1.52. The highest BCUT2D eigenvalue weighted by Crippen LogP contribution is 2.44. The van der Waals surface area contributed by atoms with Crippen molar-refractivity contribution in [3.05, 3.63) is 0 Å². The molecule has 4 nitrogen and oxygen atoms in total. The highest BCUT2D eigenvalue weighted by molar-refractivity contribution is 8.00. The van der Waals surface area contributed by atoms with E-state index in [1.54, 1.807) is 0 Å². The molecule has 104 valence electrons. The molecule has 1 amide bonds. The maximum Gasteiger partial charge on any atom is 0.441 e. The zero-order valence-corrected chi connectivity index (χ0v) is 10.4. The summed E-state index contributed by atoms with van der Waals surface area (Å²) in [6.45, 7) is -0.112. The van der Waals surface area contributed by atoms with Crippen LogP contribution in [0.15, 0.2) is 0 Å². The van der Waals surface area contributed by atoms with Crippen molar-refractivity contribution in [2.75, 3.05) is 12.3 Å². The van der Waals surface area contributed by atoms with E-state index in [2.05, 4.69) is 5.32 Å². The molecule has 0 aromatic heterocycles. The van der Waals surface area contributed by atoms with Gasteiger partial charge in [0.25, 0.3) is 0 Å². The first-order chi connectivity index (χ1) is 8.25. The molecule has 0 spiro atoms. The highest BCUT2D eigenvalue weighted by atomic mass is 32.2. The van der Waals surface area contributed by atoms with E-state index in [9.17, 15) is 22.8 Å². The third-order valence-corrected chi connectivity index (χ3v) is 3.69. The molecule has 8 heteroatoms. The number of hydrogen-bond acceptors (Lipinski definition) is 3. The predicted octanol–water partition coefficient (Wildman–Crippen LogP) is 2.00. The summed E-state index contributed by atoms with van der Waals surface area (Å²) in [6, 6.07) is 0. The molecule has 0 atom stereocenters. The maximum absolute atomic E-state index is 11.8. The van der Waals surface area contributed by atoms with Gasteiger partial charge in [0.2, 0.25) is 5.91 Å². The quantitative estimate of drug-likeness (QED) is 0.733. The molecule has 18 heavy (non-hydrogen) atoms. The predicted molar refractivity (Wildman–Crippen MR) is 60.1 cm³/mol. The molecule has 1 aliphatic carbocycles. The van der Waals surface area contributed by atoms with Crippen molar-refractivity contribution in [3.63, 3.8) is 0 Å². The van der Waals surface area contributed by atoms with E-state index in [0.29, 0.717) is 12.8 Å². The first kappa shape index (κ1) is 15.1. The van der Waals surface area contributed by atoms with Gasteiger partial charge in [-0.3, -0.25) is 9.59 Å². The van der Waals surface area contributed by atoms with Crippen molar-refractivity contribution in [2.45, 2.75) is 31.2 Å². The number of aliphatic carboxylic acids is 1. The molecule has 1 saturated carbocycles. The van der Waals surface area contributed by atoms with E-state index in [4.69, 9.17) is 5.11 Å². The molecule has 1 aliphatic rings. The summed E-state index contributed by atoms with van der Waals surface area (Å²) in [4.78, 5) is 22.4. The van der Waals surface area contributed by atoms with Crippen molar-refractivity contribution < 1.29 is 27.9 Å². The molecular formula is C10H14F3NO3S. The molecule has 2 N–H and O–H groups in total. The second kappa shape index (κ2) is 5.81. The molecule has 0 saturated heterocycles. The van der Waals surface area contributed by atoms with Crippen LogP contribution in [0.4, 0.5) is 13.2 Å². The number of carbonyl (C=O) groups is 2. The second-order valence-corrected chi connectivity index (χ2v) is 5.42. The SMILES string of the molecule is O=C(CC1(C(=O)O)CCC1)NCCSC(F)(F)F. The zero-order chi connectivity index (χ0) is 13.8. The molecule has 1 rings (SSSR count). The Morgan fingerprint density at radius 1 is 1.33 bits per heavy atom. The lowest BCUT2D eigenvalue weighted by atomic mass is 9.66. The average molecular weight is 285 g/mol. The highest BCUT2D eigenvalue weighted by Gasteiger charge is 2.45. The van der Waals surface area contributed by atoms with E-state index in [0.717, 1.165) is 6.42 Å². The standard InChI is InChI=1S/C10H14F3NO3S/c11-10(12,13)18-5-4-14-7(15)6-9(8(16)17)2-1-3-9/h1-6H2,(H,14,15)(H,16,17). The second-order valence-electron chi connectivity index (χ2n) is 4.26. The van der Waals surface area contributed by atoms with E-state index in [1.165, 1.54) is 0 Å². The molecule has 0 radical (unpaired) electrons. The third kappa shape index (κ3) is 4.40. The number of hydrogen-bond donors (Lipinski definition) is 2. The Hall–Kier alpha value is -0.920. The van der Waals surface area contributed by atoms with Crippen LogP contribution < -0.4 is 5.32 Å². The monoisotopic (exact) mass is 285 g/mol. The van der Waals surface area contributed by atoms with Crippen molar-refractivity contribution >= 4 is 23.6 Å². The smallest absolute Gasteiger partial charge is 0.441 e. The third-order valence-electron chi connectivity index (χ3n) is 2.95. The Kier molecular flexibility index (Phi) is 4.89. The number of carbonyl (C=O) groups excluding carboxylic acids is 1. The van der Waals surface area contributed by atoms with Gasteiger partial charge in [0.05, 0.1) is 5.41 Å². The van der Waals surface area contributed by atoms with Crippen molar-refractivity contribution in [1.29, 1.82) is 0 Å². The summed E-state index contributed by atoms with van der Waals surface area (Å²) in [5.74, 6) is -1.77. The number of carboxylic acid groups (broad SMARTS) is 1. The fraction of sp³-hybridized carbons (Fsp3) is 0.800. The first-order valence-electron chi connectivity index (χ1n) is 5.46. The summed E-state index contributed by atoms with van der Waals surface area (Å²) in [5, 5.41) is 11.3. The van der Waals surface area contributed by atoms with Gasteiger partial charge in [-0.2, -0.15) is 13.2 Å². The van der Waals surface area contributed by atoms with E-state index in [1.807, 2.05) is 0 Å². The van der Waals surface area contributed by atoms with Crippen LogP contribution in [0.1, 0.15) is 25.7 Å². The van der Waals surface area contributed by atoms with Gasteiger partial charge in [0.15, 0.2) is 0 Å². The van der Waals surface area contributed by atoms with Crippen LogP contribution in [0.25, 0.3) is 0 Å². The minimum Gasteiger partial charge on any atom is -0.481 e. The number of alkyl halides is 3. The van der Waals surface area contributed by atoms with Gasteiger partial charge in [-0.05, 0) is 24.6 Å². The Morgan fingerprint density at radius 2 is 1.94 bits per heavy atom. The summed E-state index contributed by atoms with van der Waals surface area (Å²) < 4.78 is 35.4. The van der Waals surface area contributed by atoms with Gasteiger partial charge in [-0.1, -0.05) is 6.42 Å². The molecule has 0 bridgehead atoms. The van der Waals surface area contributed by atoms with Gasteiger partial charge in [-0.15, -0.1) is 0 Å². The first-order valence-corrected chi connectivity index (χ1v) is 6.44. The van der Waals surface area contributed by atoms with Crippen LogP contribution in [0, 0.1) is 5.41 Å². The molecule has 0 aromatic carbocycles. The lowest BCUT2D eigenvalue weighted by Crippen LogP contribution is -2.42. The lowest BCUT2D eigenvalue weighted by molar-refractivity contribution is -0.157. The van der Waals surface area contributed by atoms with Crippen LogP contribution in [-0.4, -0.2) is 34.8 Å². The van der Waals surface area contributed by atoms with Crippen LogP contribution in [-0.2, 0) is 9.59 Å². The number of rotatable bonds is 6. The minimum absolute atomic E-state index is 0.112. The fourth-order valence-corrected chi connectivity index (χ4v) is 2.23. The van der Waals surface area contributed by atoms with Gasteiger partial charge >= 0.3 is 11.5 Å². The number of thioether (sulfide) groups is 1. The molecule has 0 heterocycles. The van der Waals surface area contributed by atoms with Crippen LogP contribution >= 0.6 is 11.8 Å². The fourth-order valence-electron chi connectivity index (χ4n) is 1.80. The molecule has 1 fully saturated rings. The van der Waals surface area contributed by atoms with E-state index in [-0.39, 0.29) is 30.5 Å². The molecule has 0 aromatic rings. The van der Waals surface area contributed by atoms with Crippen LogP contribution in [0.2, 0.25) is 0 Å². The number of nitrogens with one attached hydrogen (secondary N) is 1. The van der Waals surface area contributed by atoms with Crippen molar-refractivity contribution in [3.8, 4) is 0 Å². The van der Waals surface area contributed by atoms with Crippen molar-refractivity contribution in [1.82, 2.24) is 5.32 Å². The molecule has 0 aliphatic heterocycles. The largest absolute Gasteiger partial charge is 0.481 e. The lowest BCUT2D eigenvalue weighted by Gasteiger charge is -2.36. The molecule has 0 unspecified atom stereocenters. The van der Waals surface area contributed by atoms with Gasteiger partial charge in [0.1, 0.15) is 0 Å². The Balaban J connectivity index is 2.24. The average Bonchev–Trinajstić information content (AvgIpc) is 2.16. The summed E-state index contributed by atoms with van der Waals surface area (Å²) >= 11 is -0.211. The van der Waals surface area contributed by atoms with Crippen LogP contribution in [0.5, 0.6) is 0 Å². The van der Waals surface area contributed by atoms with E-state index < -0.39 is 22.8 Å². The number of carboxylic acids is 1. The zero-order valence-electron chi connectivity index (χ0n) is 9.55. The van der Waals surface area contributed by atoms with Gasteiger partial charge in [-0.25, -0.2) is 0 Å². The van der Waals surface area contributed by atoms with Crippen LogP contribution in [0.3, 0.4) is 0 Å². The van der Waals surface area contributed by atoms with Crippen molar-refractivity contribution in [2.24, 2.45) is 5.41 Å². The Labute approximate surface area is 106 Å². The topological polar surface area (TPSA) is 66.4 Å². The van der Waals surface area contributed by atoms with E-state index >= 15 is 0 Å². The Bertz CT molecular complexity index is 329. The summed E-state index contributed by atoms with van der Waals surface area (Å²) in [5.41, 5.74) is -5.30. The summed E-state index contributed by atoms with van der Waals surface area (Å²) in [7, 11) is 0. The maximum atomic E-state index is 11.8. The normalized spacial score (nSPS) is 17.9. The minimum atomic E-state index is -4.30. The molecular weight excluding hydrogens is 271 g/mol.